The summed E-state index contributed by atoms with van der Waals surface area (Å²) < 4.78 is 11.0. The van der Waals surface area contributed by atoms with Crippen LogP contribution in [0.25, 0.3) is 10.9 Å². The molecule has 1 fully saturated rings. The third-order valence-corrected chi connectivity index (χ3v) is 5.26. The number of morpholine rings is 1. The minimum atomic E-state index is -0.271. The predicted molar refractivity (Wildman–Crippen MR) is 116 cm³/mol. The van der Waals surface area contributed by atoms with Gasteiger partial charge in [-0.05, 0) is 24.3 Å². The molecule has 0 spiro atoms. The summed E-state index contributed by atoms with van der Waals surface area (Å²) in [6, 6.07) is 6.45. The molecule has 0 saturated carbocycles. The van der Waals surface area contributed by atoms with Crippen LogP contribution in [-0.2, 0) is 11.3 Å². The second-order valence-electron chi connectivity index (χ2n) is 7.05. The number of fused-ring (bicyclic) bond motifs is 1. The van der Waals surface area contributed by atoms with Crippen molar-refractivity contribution >= 4 is 28.4 Å². The van der Waals surface area contributed by atoms with Crippen molar-refractivity contribution in [2.45, 2.75) is 6.61 Å². The summed E-state index contributed by atoms with van der Waals surface area (Å²) in [6.07, 6.45) is 3.06. The summed E-state index contributed by atoms with van der Waals surface area (Å²) >= 11 is 6.21. The fourth-order valence-electron chi connectivity index (χ4n) is 3.27. The summed E-state index contributed by atoms with van der Waals surface area (Å²) in [6.45, 7) is 4.44. The van der Waals surface area contributed by atoms with E-state index in [1.54, 1.807) is 24.3 Å². The maximum atomic E-state index is 12.6. The highest BCUT2D eigenvalue weighted by molar-refractivity contribution is 6.33. The minimum Gasteiger partial charge on any atom is -0.486 e. The average Bonchev–Trinajstić information content (AvgIpc) is 2.79. The highest BCUT2D eigenvalue weighted by Crippen LogP contribution is 2.22. The number of nitrogens with zero attached hydrogens (tertiary/aromatic N) is 3. The molecule has 0 aliphatic carbocycles. The van der Waals surface area contributed by atoms with Gasteiger partial charge in [0.05, 0.1) is 40.9 Å². The van der Waals surface area contributed by atoms with Gasteiger partial charge in [0.25, 0.3) is 11.5 Å². The Bertz CT molecular complexity index is 1130. The van der Waals surface area contributed by atoms with Gasteiger partial charge < -0.3 is 19.8 Å². The van der Waals surface area contributed by atoms with Crippen LogP contribution in [0.4, 0.5) is 0 Å². The molecule has 0 bridgehead atoms. The van der Waals surface area contributed by atoms with Gasteiger partial charge >= 0.3 is 0 Å². The van der Waals surface area contributed by atoms with Crippen LogP contribution in [0.15, 0.2) is 41.5 Å². The fourth-order valence-corrected chi connectivity index (χ4v) is 3.48. The van der Waals surface area contributed by atoms with Gasteiger partial charge in [0.2, 0.25) is 0 Å². The third-order valence-electron chi connectivity index (χ3n) is 4.93. The Labute approximate surface area is 183 Å². The number of carbonyl (C=O) groups excluding carboxylic acids is 1. The molecule has 2 N–H and O–H groups in total. The van der Waals surface area contributed by atoms with Gasteiger partial charge in [-0.15, -0.1) is 0 Å². The van der Waals surface area contributed by atoms with E-state index in [0.717, 1.165) is 19.6 Å². The normalized spacial score (nSPS) is 14.5. The van der Waals surface area contributed by atoms with Gasteiger partial charge in [0.15, 0.2) is 0 Å². The van der Waals surface area contributed by atoms with E-state index in [1.807, 2.05) is 0 Å². The molecule has 1 aliphatic heterocycles. The number of pyridine rings is 1. The van der Waals surface area contributed by atoms with Crippen LogP contribution >= 0.6 is 11.6 Å². The van der Waals surface area contributed by atoms with Crippen molar-refractivity contribution in [1.29, 1.82) is 0 Å². The van der Waals surface area contributed by atoms with Crippen molar-refractivity contribution in [2.24, 2.45) is 0 Å². The topological polar surface area (TPSA) is 109 Å². The number of carbonyl (C=O) groups is 1. The van der Waals surface area contributed by atoms with Gasteiger partial charge in [-0.1, -0.05) is 11.6 Å². The maximum absolute atomic E-state index is 12.6. The molecule has 1 aliphatic rings. The molecule has 10 heteroatoms. The Kier molecular flexibility index (Phi) is 6.76. The molecule has 31 heavy (non-hydrogen) atoms. The van der Waals surface area contributed by atoms with Crippen molar-refractivity contribution in [3.63, 3.8) is 0 Å². The zero-order valence-electron chi connectivity index (χ0n) is 16.8. The van der Waals surface area contributed by atoms with Crippen LogP contribution in [-0.4, -0.2) is 65.2 Å². The fraction of sp³-hybridized carbons (Fsp3) is 0.333. The Morgan fingerprint density at radius 1 is 1.29 bits per heavy atom. The molecule has 0 unspecified atom stereocenters. The average molecular weight is 444 g/mol. The standard InChI is InChI=1S/C21H22ClN5O4/c22-17-2-1-14(11-16(17)20(28)24-5-6-27-7-9-30-10-8-27)31-13-19-25-18-12-23-4-3-15(18)21(29)26-19/h1-4,11-12H,5-10,13H2,(H,24,28)(H,25,26,29). The van der Waals surface area contributed by atoms with Gasteiger partial charge in [-0.2, -0.15) is 0 Å². The first-order valence-corrected chi connectivity index (χ1v) is 10.3. The molecule has 0 atom stereocenters. The molecule has 1 aromatic carbocycles. The van der Waals surface area contributed by atoms with E-state index in [2.05, 4.69) is 25.2 Å². The second kappa shape index (κ2) is 9.86. The predicted octanol–water partition coefficient (Wildman–Crippen LogP) is 1.61. The van der Waals surface area contributed by atoms with Crippen LogP contribution < -0.4 is 15.6 Å². The zero-order valence-corrected chi connectivity index (χ0v) is 17.5. The number of amides is 1. The molecule has 1 amide bonds. The van der Waals surface area contributed by atoms with Gasteiger partial charge in [-0.3, -0.25) is 19.5 Å². The number of hydrogen-bond acceptors (Lipinski definition) is 7. The Morgan fingerprint density at radius 2 is 2.13 bits per heavy atom. The lowest BCUT2D eigenvalue weighted by molar-refractivity contribution is 0.0383. The number of nitrogens with one attached hydrogen (secondary N) is 2. The lowest BCUT2D eigenvalue weighted by Gasteiger charge is -2.26. The number of aromatic amines is 1. The van der Waals surface area contributed by atoms with Gasteiger partial charge in [-0.25, -0.2) is 4.98 Å². The van der Waals surface area contributed by atoms with Crippen LogP contribution in [0.1, 0.15) is 16.2 Å². The molecule has 1 saturated heterocycles. The number of H-pyrrole nitrogens is 1. The molecule has 4 rings (SSSR count). The smallest absolute Gasteiger partial charge is 0.258 e. The lowest BCUT2D eigenvalue weighted by atomic mass is 10.2. The Morgan fingerprint density at radius 3 is 2.97 bits per heavy atom. The van der Waals surface area contributed by atoms with E-state index >= 15 is 0 Å². The van der Waals surface area contributed by atoms with E-state index in [1.165, 1.54) is 12.4 Å². The Hall–Kier alpha value is -3.01. The monoisotopic (exact) mass is 443 g/mol. The molecule has 162 valence electrons. The van der Waals surface area contributed by atoms with Crippen molar-refractivity contribution in [2.75, 3.05) is 39.4 Å². The van der Waals surface area contributed by atoms with Gasteiger partial charge in [0, 0.05) is 32.4 Å². The lowest BCUT2D eigenvalue weighted by Crippen LogP contribution is -2.41. The van der Waals surface area contributed by atoms with E-state index in [-0.39, 0.29) is 18.1 Å². The van der Waals surface area contributed by atoms with E-state index in [0.29, 0.717) is 52.8 Å². The summed E-state index contributed by atoms with van der Waals surface area (Å²) in [5.74, 6) is 0.528. The van der Waals surface area contributed by atoms with Crippen LogP contribution in [0.5, 0.6) is 5.75 Å². The van der Waals surface area contributed by atoms with Crippen molar-refractivity contribution < 1.29 is 14.3 Å². The maximum Gasteiger partial charge on any atom is 0.258 e. The van der Waals surface area contributed by atoms with Gasteiger partial charge in [0.1, 0.15) is 18.2 Å². The zero-order chi connectivity index (χ0) is 21.6. The van der Waals surface area contributed by atoms with Crippen LogP contribution in [0, 0.1) is 0 Å². The first-order valence-electron chi connectivity index (χ1n) is 9.94. The molecular weight excluding hydrogens is 422 g/mol. The molecule has 0 radical (unpaired) electrons. The van der Waals surface area contributed by atoms with Crippen LogP contribution in [0.2, 0.25) is 5.02 Å². The number of ether oxygens (including phenoxy) is 2. The molecule has 2 aromatic heterocycles. The first kappa shape index (κ1) is 21.2. The highest BCUT2D eigenvalue weighted by atomic mass is 35.5. The number of hydrogen-bond donors (Lipinski definition) is 2. The third kappa shape index (κ3) is 5.38. The van der Waals surface area contributed by atoms with Crippen molar-refractivity contribution in [1.82, 2.24) is 25.2 Å². The van der Waals surface area contributed by atoms with E-state index in [9.17, 15) is 9.59 Å². The molecule has 3 heterocycles. The number of rotatable bonds is 7. The molecular formula is C21H22ClN5O4. The second-order valence-corrected chi connectivity index (χ2v) is 7.45. The summed E-state index contributed by atoms with van der Waals surface area (Å²) in [5, 5.41) is 3.68. The molecule has 3 aromatic rings. The summed E-state index contributed by atoms with van der Waals surface area (Å²) in [5.41, 5.74) is 0.550. The van der Waals surface area contributed by atoms with Crippen molar-refractivity contribution in [3.8, 4) is 5.75 Å². The number of benzene rings is 1. The first-order chi connectivity index (χ1) is 15.1. The van der Waals surface area contributed by atoms with Crippen molar-refractivity contribution in [3.05, 3.63) is 63.4 Å². The number of halogens is 1. The summed E-state index contributed by atoms with van der Waals surface area (Å²) in [7, 11) is 0. The Balaban J connectivity index is 1.38. The SMILES string of the molecule is O=C(NCCN1CCOCC1)c1cc(OCc2nc3cnccc3c(=O)[nH]2)ccc1Cl. The molecule has 9 nitrogen and oxygen atoms in total. The minimum absolute atomic E-state index is 0.0276. The summed E-state index contributed by atoms with van der Waals surface area (Å²) in [4.78, 5) is 38.0. The largest absolute Gasteiger partial charge is 0.486 e. The number of aromatic nitrogens is 3. The van der Waals surface area contributed by atoms with E-state index in [4.69, 9.17) is 21.1 Å². The van der Waals surface area contributed by atoms with E-state index < -0.39 is 0 Å². The highest BCUT2D eigenvalue weighted by Gasteiger charge is 2.14. The quantitative estimate of drug-likeness (QED) is 0.571. The van der Waals surface area contributed by atoms with Crippen LogP contribution in [0.3, 0.4) is 0 Å².